The van der Waals surface area contributed by atoms with Gasteiger partial charge in [-0.1, -0.05) is 12.1 Å². The molecule has 0 bridgehead atoms. The minimum Gasteiger partial charge on any atom is -0.375 e. The lowest BCUT2D eigenvalue weighted by molar-refractivity contribution is 0.0532. The van der Waals surface area contributed by atoms with Crippen molar-refractivity contribution >= 4 is 18.1 Å². The van der Waals surface area contributed by atoms with Crippen LogP contribution in [-0.4, -0.2) is 25.8 Å². The molecule has 2 rings (SSSR count). The Bertz CT molecular complexity index is 357. The van der Waals surface area contributed by atoms with E-state index >= 15 is 0 Å². The zero-order chi connectivity index (χ0) is 11.5. The highest BCUT2D eigenvalue weighted by molar-refractivity contribution is 5.85. The Morgan fingerprint density at radius 1 is 1.47 bits per heavy atom. The first kappa shape index (κ1) is 14.3. The molecule has 1 heterocycles. The number of rotatable bonds is 2. The van der Waals surface area contributed by atoms with Crippen molar-refractivity contribution in [2.45, 2.75) is 26.0 Å². The Kier molecular flexibility index (Phi) is 5.25. The molecular weight excluding hydrogens is 236 g/mol. The number of benzene rings is 1. The van der Waals surface area contributed by atoms with E-state index in [2.05, 4.69) is 36.1 Å². The van der Waals surface area contributed by atoms with Crippen LogP contribution in [0.2, 0.25) is 0 Å². The molecule has 1 aromatic carbocycles. The normalized spacial score (nSPS) is 21.8. The van der Waals surface area contributed by atoms with Gasteiger partial charge in [-0.25, -0.2) is 0 Å². The predicted molar refractivity (Wildman–Crippen MR) is 73.9 cm³/mol. The van der Waals surface area contributed by atoms with Gasteiger partial charge in [0.15, 0.2) is 0 Å². The van der Waals surface area contributed by atoms with E-state index in [0.29, 0.717) is 6.10 Å². The van der Waals surface area contributed by atoms with Gasteiger partial charge in [-0.05, 0) is 31.5 Å². The summed E-state index contributed by atoms with van der Waals surface area (Å²) in [4.78, 5) is 2.36. The van der Waals surface area contributed by atoms with Crippen LogP contribution in [0.25, 0.3) is 0 Å². The van der Waals surface area contributed by atoms with Crippen molar-refractivity contribution in [3.05, 3.63) is 29.8 Å². The van der Waals surface area contributed by atoms with Crippen LogP contribution < -0.4 is 10.6 Å². The largest absolute Gasteiger partial charge is 0.375 e. The Labute approximate surface area is 109 Å². The molecule has 3 nitrogen and oxygen atoms in total. The average Bonchev–Trinajstić information content (AvgIpc) is 2.29. The number of ether oxygens (including phenoxy) is 1. The summed E-state index contributed by atoms with van der Waals surface area (Å²) in [5, 5.41) is 0. The highest BCUT2D eigenvalue weighted by Crippen LogP contribution is 2.21. The smallest absolute Gasteiger partial charge is 0.0722 e. The maximum atomic E-state index is 5.90. The molecule has 0 aliphatic carbocycles. The molecule has 0 spiro atoms. The topological polar surface area (TPSA) is 38.5 Å². The number of nitrogens with two attached hydrogens (primary N) is 1. The number of halogens is 1. The molecule has 17 heavy (non-hydrogen) atoms. The third kappa shape index (κ3) is 3.60. The van der Waals surface area contributed by atoms with Crippen molar-refractivity contribution in [1.82, 2.24) is 0 Å². The van der Waals surface area contributed by atoms with Crippen LogP contribution in [0.3, 0.4) is 0 Å². The van der Waals surface area contributed by atoms with Crippen molar-refractivity contribution in [2.75, 3.05) is 24.6 Å². The highest BCUT2D eigenvalue weighted by atomic mass is 35.5. The summed E-state index contributed by atoms with van der Waals surface area (Å²) in [7, 11) is 0. The first-order valence-electron chi connectivity index (χ1n) is 5.89. The van der Waals surface area contributed by atoms with Gasteiger partial charge in [0.05, 0.1) is 12.7 Å². The van der Waals surface area contributed by atoms with Gasteiger partial charge < -0.3 is 15.4 Å². The molecule has 1 aromatic rings. The Balaban J connectivity index is 0.00000144. The van der Waals surface area contributed by atoms with Crippen LogP contribution in [0.4, 0.5) is 5.69 Å². The standard InChI is InChI=1S/C13H20N2O.ClH/c1-10-9-15(6-7-16-10)13-5-3-4-12(8-13)11(2)14;/h3-5,8,10-11H,6-7,9,14H2,1-2H3;1H. The summed E-state index contributed by atoms with van der Waals surface area (Å²) in [6.07, 6.45) is 0.313. The molecule has 1 fully saturated rings. The molecule has 0 amide bonds. The van der Waals surface area contributed by atoms with Crippen LogP contribution in [0.15, 0.2) is 24.3 Å². The van der Waals surface area contributed by atoms with Gasteiger partial charge in [0.2, 0.25) is 0 Å². The quantitative estimate of drug-likeness (QED) is 0.883. The summed E-state index contributed by atoms with van der Waals surface area (Å²) in [5.74, 6) is 0. The second-order valence-electron chi connectivity index (χ2n) is 4.51. The summed E-state index contributed by atoms with van der Waals surface area (Å²) < 4.78 is 5.54. The zero-order valence-corrected chi connectivity index (χ0v) is 11.2. The lowest BCUT2D eigenvalue weighted by atomic mass is 10.1. The van der Waals surface area contributed by atoms with Gasteiger partial charge in [0.1, 0.15) is 0 Å². The van der Waals surface area contributed by atoms with Gasteiger partial charge in [-0.3, -0.25) is 0 Å². The third-order valence-electron chi connectivity index (χ3n) is 3.00. The monoisotopic (exact) mass is 256 g/mol. The summed E-state index contributed by atoms with van der Waals surface area (Å²) >= 11 is 0. The molecule has 2 atom stereocenters. The summed E-state index contributed by atoms with van der Waals surface area (Å²) in [6, 6.07) is 8.58. The molecule has 1 saturated heterocycles. The van der Waals surface area contributed by atoms with Gasteiger partial charge in [-0.15, -0.1) is 12.4 Å². The van der Waals surface area contributed by atoms with E-state index in [9.17, 15) is 0 Å². The maximum Gasteiger partial charge on any atom is 0.0722 e. The molecule has 96 valence electrons. The molecule has 1 aliphatic heterocycles. The molecule has 4 heteroatoms. The van der Waals surface area contributed by atoms with Gasteiger partial charge >= 0.3 is 0 Å². The van der Waals surface area contributed by atoms with E-state index in [1.807, 2.05) is 6.92 Å². The zero-order valence-electron chi connectivity index (χ0n) is 10.4. The number of anilines is 1. The molecule has 0 aromatic heterocycles. The second kappa shape index (κ2) is 6.24. The fourth-order valence-electron chi connectivity index (χ4n) is 2.06. The number of hydrogen-bond donors (Lipinski definition) is 1. The van der Waals surface area contributed by atoms with Crippen LogP contribution in [0.1, 0.15) is 25.5 Å². The Hall–Kier alpha value is -0.770. The van der Waals surface area contributed by atoms with E-state index in [4.69, 9.17) is 10.5 Å². The third-order valence-corrected chi connectivity index (χ3v) is 3.00. The van der Waals surface area contributed by atoms with Crippen LogP contribution in [0.5, 0.6) is 0 Å². The van der Waals surface area contributed by atoms with E-state index in [1.54, 1.807) is 0 Å². The number of hydrogen-bond acceptors (Lipinski definition) is 3. The second-order valence-corrected chi connectivity index (χ2v) is 4.51. The van der Waals surface area contributed by atoms with Crippen molar-refractivity contribution < 1.29 is 4.74 Å². The van der Waals surface area contributed by atoms with Crippen LogP contribution in [0, 0.1) is 0 Å². The molecule has 2 unspecified atom stereocenters. The predicted octanol–water partition coefficient (Wildman–Crippen LogP) is 2.35. The van der Waals surface area contributed by atoms with Crippen molar-refractivity contribution in [1.29, 1.82) is 0 Å². The van der Waals surface area contributed by atoms with Crippen molar-refractivity contribution in [2.24, 2.45) is 5.73 Å². The van der Waals surface area contributed by atoms with Crippen molar-refractivity contribution in [3.8, 4) is 0 Å². The molecule has 1 aliphatic rings. The van der Waals surface area contributed by atoms with Crippen LogP contribution in [-0.2, 0) is 4.74 Å². The minimum atomic E-state index is 0. The van der Waals surface area contributed by atoms with Gasteiger partial charge in [0, 0.05) is 24.8 Å². The van der Waals surface area contributed by atoms with Crippen molar-refractivity contribution in [3.63, 3.8) is 0 Å². The minimum absolute atomic E-state index is 0. The fourth-order valence-corrected chi connectivity index (χ4v) is 2.06. The molecular formula is C13H21ClN2O. The van der Waals surface area contributed by atoms with E-state index in [0.717, 1.165) is 19.7 Å². The fraction of sp³-hybridized carbons (Fsp3) is 0.538. The Morgan fingerprint density at radius 3 is 2.88 bits per heavy atom. The highest BCUT2D eigenvalue weighted by Gasteiger charge is 2.17. The van der Waals surface area contributed by atoms with E-state index < -0.39 is 0 Å². The first-order valence-corrected chi connectivity index (χ1v) is 5.89. The maximum absolute atomic E-state index is 5.90. The lowest BCUT2D eigenvalue weighted by Gasteiger charge is -2.33. The van der Waals surface area contributed by atoms with Gasteiger partial charge in [-0.2, -0.15) is 0 Å². The van der Waals surface area contributed by atoms with Crippen LogP contribution >= 0.6 is 12.4 Å². The molecule has 0 saturated carbocycles. The van der Waals surface area contributed by atoms with Gasteiger partial charge in [0.25, 0.3) is 0 Å². The Morgan fingerprint density at radius 2 is 2.24 bits per heavy atom. The summed E-state index contributed by atoms with van der Waals surface area (Å²) in [5.41, 5.74) is 8.34. The summed E-state index contributed by atoms with van der Waals surface area (Å²) in [6.45, 7) is 6.86. The molecule has 0 radical (unpaired) electrons. The van der Waals surface area contributed by atoms with E-state index in [1.165, 1.54) is 11.3 Å². The van der Waals surface area contributed by atoms with E-state index in [-0.39, 0.29) is 18.4 Å². The number of nitrogens with zero attached hydrogens (tertiary/aromatic N) is 1. The first-order chi connectivity index (χ1) is 7.66. The SMILES string of the molecule is CC1CN(c2cccc(C(C)N)c2)CCO1.Cl. The lowest BCUT2D eigenvalue weighted by Crippen LogP contribution is -2.41. The number of morpholine rings is 1. The molecule has 2 N–H and O–H groups in total. The average molecular weight is 257 g/mol.